The third-order valence-corrected chi connectivity index (χ3v) is 3.68. The van der Waals surface area contributed by atoms with Crippen LogP contribution in [-0.4, -0.2) is 17.5 Å². The molecule has 0 heterocycles. The Kier molecular flexibility index (Phi) is 6.89. The summed E-state index contributed by atoms with van der Waals surface area (Å²) in [6.45, 7) is 2.25. The molecule has 0 saturated heterocycles. The minimum absolute atomic E-state index is 0.0127. The molecule has 2 aromatic carbocycles. The van der Waals surface area contributed by atoms with Crippen LogP contribution in [0.15, 0.2) is 54.6 Å². The van der Waals surface area contributed by atoms with Gasteiger partial charge in [0.25, 0.3) is 5.69 Å². The number of benzene rings is 2. The molecule has 25 heavy (non-hydrogen) atoms. The molecule has 0 spiro atoms. The third kappa shape index (κ3) is 5.57. The van der Waals surface area contributed by atoms with Crippen molar-refractivity contribution >= 4 is 17.7 Å². The second kappa shape index (κ2) is 9.37. The summed E-state index contributed by atoms with van der Waals surface area (Å²) in [5.74, 6) is -0.653. The predicted octanol–water partition coefficient (Wildman–Crippen LogP) is 4.81. The molecule has 0 N–H and O–H groups in total. The van der Waals surface area contributed by atoms with Crippen molar-refractivity contribution < 1.29 is 14.5 Å². The average Bonchev–Trinajstić information content (AvgIpc) is 2.62. The Balaban J connectivity index is 2.12. The molecular formula is C20H21NO4. The van der Waals surface area contributed by atoms with Gasteiger partial charge in [-0.25, -0.2) is 4.79 Å². The Labute approximate surface area is 147 Å². The summed E-state index contributed by atoms with van der Waals surface area (Å²) in [5, 5.41) is 11.3. The maximum Gasteiger partial charge on any atom is 0.345 e. The molecule has 0 aliphatic heterocycles. The number of ether oxygens (including phenoxy) is 1. The van der Waals surface area contributed by atoms with Crippen molar-refractivity contribution in [1.29, 1.82) is 0 Å². The van der Waals surface area contributed by atoms with Gasteiger partial charge in [0, 0.05) is 6.07 Å². The van der Waals surface area contributed by atoms with Crippen LogP contribution in [0.2, 0.25) is 0 Å². The van der Waals surface area contributed by atoms with E-state index in [-0.39, 0.29) is 17.9 Å². The van der Waals surface area contributed by atoms with Gasteiger partial charge in [0.1, 0.15) is 5.56 Å². The number of unbranched alkanes of at least 4 members (excludes halogenated alkanes) is 1. The predicted molar refractivity (Wildman–Crippen MR) is 97.5 cm³/mol. The van der Waals surface area contributed by atoms with E-state index < -0.39 is 10.9 Å². The van der Waals surface area contributed by atoms with Crippen molar-refractivity contribution in [3.05, 3.63) is 81.4 Å². The summed E-state index contributed by atoms with van der Waals surface area (Å²) in [6, 6.07) is 14.5. The lowest BCUT2D eigenvalue weighted by Crippen LogP contribution is -2.09. The molecule has 0 atom stereocenters. The SMILES string of the molecule is CCCCOC(=O)c1ccc(C=CCc2ccccc2)cc1[N+](=O)[O-]. The second-order valence-corrected chi connectivity index (χ2v) is 5.62. The van der Waals surface area contributed by atoms with Crippen LogP contribution in [0.4, 0.5) is 5.69 Å². The summed E-state index contributed by atoms with van der Waals surface area (Å²) in [5.41, 5.74) is 1.58. The molecule has 0 bridgehead atoms. The number of allylic oxidation sites excluding steroid dienone is 1. The van der Waals surface area contributed by atoms with Crippen molar-refractivity contribution in [2.24, 2.45) is 0 Å². The summed E-state index contributed by atoms with van der Waals surface area (Å²) < 4.78 is 5.08. The van der Waals surface area contributed by atoms with E-state index in [1.807, 2.05) is 49.4 Å². The second-order valence-electron chi connectivity index (χ2n) is 5.62. The largest absolute Gasteiger partial charge is 0.462 e. The zero-order valence-corrected chi connectivity index (χ0v) is 14.2. The highest BCUT2D eigenvalue weighted by Crippen LogP contribution is 2.22. The van der Waals surface area contributed by atoms with Crippen LogP contribution in [0.5, 0.6) is 0 Å². The third-order valence-electron chi connectivity index (χ3n) is 3.68. The first-order valence-corrected chi connectivity index (χ1v) is 8.28. The lowest BCUT2D eigenvalue weighted by molar-refractivity contribution is -0.385. The van der Waals surface area contributed by atoms with Gasteiger partial charge in [0.2, 0.25) is 0 Å². The first kappa shape index (κ1) is 18.4. The molecule has 0 radical (unpaired) electrons. The highest BCUT2D eigenvalue weighted by Gasteiger charge is 2.21. The normalized spacial score (nSPS) is 10.8. The lowest BCUT2D eigenvalue weighted by Gasteiger charge is -2.05. The van der Waals surface area contributed by atoms with E-state index in [1.54, 1.807) is 6.07 Å². The smallest absolute Gasteiger partial charge is 0.345 e. The molecule has 0 amide bonds. The highest BCUT2D eigenvalue weighted by molar-refractivity contribution is 5.94. The van der Waals surface area contributed by atoms with Crippen molar-refractivity contribution in [1.82, 2.24) is 0 Å². The zero-order valence-electron chi connectivity index (χ0n) is 14.2. The quantitative estimate of drug-likeness (QED) is 0.299. The molecule has 5 nitrogen and oxygen atoms in total. The minimum atomic E-state index is -0.653. The Morgan fingerprint density at radius 2 is 1.96 bits per heavy atom. The van der Waals surface area contributed by atoms with Gasteiger partial charge in [0.05, 0.1) is 11.5 Å². The van der Waals surface area contributed by atoms with Crippen molar-refractivity contribution in [3.8, 4) is 0 Å². The Morgan fingerprint density at radius 1 is 1.20 bits per heavy atom. The molecular weight excluding hydrogens is 318 g/mol. The number of hydrogen-bond acceptors (Lipinski definition) is 4. The van der Waals surface area contributed by atoms with Crippen LogP contribution in [0.1, 0.15) is 41.3 Å². The summed E-state index contributed by atoms with van der Waals surface area (Å²) in [6.07, 6.45) is 6.11. The molecule has 0 aromatic heterocycles. The van der Waals surface area contributed by atoms with Gasteiger partial charge in [-0.3, -0.25) is 10.1 Å². The van der Waals surface area contributed by atoms with Gasteiger partial charge in [-0.2, -0.15) is 0 Å². The fourth-order valence-electron chi connectivity index (χ4n) is 2.31. The van der Waals surface area contributed by atoms with Gasteiger partial charge in [0.15, 0.2) is 0 Å². The number of esters is 1. The van der Waals surface area contributed by atoms with Crippen LogP contribution in [-0.2, 0) is 11.2 Å². The van der Waals surface area contributed by atoms with E-state index in [4.69, 9.17) is 4.74 Å². The topological polar surface area (TPSA) is 69.4 Å². The molecule has 130 valence electrons. The van der Waals surface area contributed by atoms with E-state index in [0.717, 1.165) is 24.8 Å². The number of hydrogen-bond donors (Lipinski definition) is 0. The molecule has 0 unspecified atom stereocenters. The Morgan fingerprint density at radius 3 is 2.64 bits per heavy atom. The van der Waals surface area contributed by atoms with Gasteiger partial charge in [-0.05, 0) is 30.0 Å². The van der Waals surface area contributed by atoms with Crippen LogP contribution in [0, 0.1) is 10.1 Å². The van der Waals surface area contributed by atoms with Gasteiger partial charge >= 0.3 is 5.97 Å². The first-order valence-electron chi connectivity index (χ1n) is 8.28. The van der Waals surface area contributed by atoms with Gasteiger partial charge in [-0.15, -0.1) is 0 Å². The summed E-state index contributed by atoms with van der Waals surface area (Å²) in [7, 11) is 0. The fraction of sp³-hybridized carbons (Fsp3) is 0.250. The first-order chi connectivity index (χ1) is 12.1. The molecule has 2 rings (SSSR count). The number of carbonyl (C=O) groups is 1. The summed E-state index contributed by atoms with van der Waals surface area (Å²) in [4.78, 5) is 22.7. The zero-order chi connectivity index (χ0) is 18.1. The number of carbonyl (C=O) groups excluding carboxylic acids is 1. The Hall–Kier alpha value is -2.95. The van der Waals surface area contributed by atoms with Crippen LogP contribution in [0.25, 0.3) is 6.08 Å². The molecule has 0 aliphatic rings. The van der Waals surface area contributed by atoms with Crippen molar-refractivity contribution in [2.45, 2.75) is 26.2 Å². The molecule has 0 saturated carbocycles. The van der Waals surface area contributed by atoms with Gasteiger partial charge in [-0.1, -0.05) is 61.9 Å². The van der Waals surface area contributed by atoms with E-state index >= 15 is 0 Å². The van der Waals surface area contributed by atoms with E-state index in [1.165, 1.54) is 12.1 Å². The molecule has 0 fully saturated rings. The van der Waals surface area contributed by atoms with E-state index in [0.29, 0.717) is 5.56 Å². The Bertz CT molecular complexity index is 754. The summed E-state index contributed by atoms with van der Waals surface area (Å²) >= 11 is 0. The number of rotatable bonds is 8. The average molecular weight is 339 g/mol. The number of nitro benzene ring substituents is 1. The van der Waals surface area contributed by atoms with Crippen LogP contribution >= 0.6 is 0 Å². The fourth-order valence-corrected chi connectivity index (χ4v) is 2.31. The van der Waals surface area contributed by atoms with Crippen LogP contribution in [0.3, 0.4) is 0 Å². The number of nitro groups is 1. The van der Waals surface area contributed by atoms with E-state index in [9.17, 15) is 14.9 Å². The standard InChI is InChI=1S/C20H21NO4/c1-2-3-14-25-20(22)18-13-12-17(15-19(18)21(23)24)11-7-10-16-8-5-4-6-9-16/h4-9,11-13,15H,2-3,10,14H2,1H3. The monoisotopic (exact) mass is 339 g/mol. The highest BCUT2D eigenvalue weighted by atomic mass is 16.6. The molecule has 5 heteroatoms. The van der Waals surface area contributed by atoms with Gasteiger partial charge < -0.3 is 4.74 Å². The maximum atomic E-state index is 12.0. The van der Waals surface area contributed by atoms with Crippen molar-refractivity contribution in [3.63, 3.8) is 0 Å². The van der Waals surface area contributed by atoms with Crippen molar-refractivity contribution in [2.75, 3.05) is 6.61 Å². The number of nitrogens with zero attached hydrogens (tertiary/aromatic N) is 1. The molecule has 2 aromatic rings. The molecule has 0 aliphatic carbocycles. The minimum Gasteiger partial charge on any atom is -0.462 e. The maximum absolute atomic E-state index is 12.0. The van der Waals surface area contributed by atoms with Crippen LogP contribution < -0.4 is 0 Å². The van der Waals surface area contributed by atoms with E-state index in [2.05, 4.69) is 0 Å². The lowest BCUT2D eigenvalue weighted by atomic mass is 10.1.